The highest BCUT2D eigenvalue weighted by molar-refractivity contribution is 5.14. The summed E-state index contributed by atoms with van der Waals surface area (Å²) in [5, 5.41) is 11.9. The molecule has 1 saturated heterocycles. The Morgan fingerprint density at radius 1 is 1.28 bits per heavy atom. The van der Waals surface area contributed by atoms with Crippen molar-refractivity contribution in [1.82, 2.24) is 20.3 Å². The Morgan fingerprint density at radius 3 is 2.94 bits per heavy atom. The first kappa shape index (κ1) is 11.4. The van der Waals surface area contributed by atoms with Gasteiger partial charge < -0.3 is 5.32 Å². The molecule has 2 heterocycles. The maximum Gasteiger partial charge on any atom is 0.0996 e. The van der Waals surface area contributed by atoms with Crippen molar-refractivity contribution < 1.29 is 0 Å². The fourth-order valence-corrected chi connectivity index (χ4v) is 2.41. The summed E-state index contributed by atoms with van der Waals surface area (Å²) in [5.74, 6) is 0. The van der Waals surface area contributed by atoms with Crippen molar-refractivity contribution in [3.05, 3.63) is 47.8 Å². The first-order valence-electron chi connectivity index (χ1n) is 6.59. The van der Waals surface area contributed by atoms with E-state index >= 15 is 0 Å². The van der Waals surface area contributed by atoms with E-state index in [0.717, 1.165) is 25.2 Å². The molecule has 1 unspecified atom stereocenters. The highest BCUT2D eigenvalue weighted by Gasteiger charge is 2.18. The Labute approximate surface area is 107 Å². The third-order valence-corrected chi connectivity index (χ3v) is 3.45. The molecule has 0 aliphatic carbocycles. The van der Waals surface area contributed by atoms with Crippen LogP contribution in [0.5, 0.6) is 0 Å². The van der Waals surface area contributed by atoms with E-state index in [1.807, 2.05) is 10.7 Å². The molecule has 0 radical (unpaired) electrons. The molecule has 0 saturated carbocycles. The van der Waals surface area contributed by atoms with Gasteiger partial charge in [0.05, 0.1) is 17.9 Å². The number of rotatable bonds is 4. The monoisotopic (exact) mass is 242 g/mol. The standard InChI is InChI=1S/C14H18N4/c1-2-5-12(6-3-1)8-10-18-11-14(16-17-18)13-7-4-9-15-13/h1-3,5-6,11,13,15H,4,7-10H2. The van der Waals surface area contributed by atoms with Crippen molar-refractivity contribution in [1.29, 1.82) is 0 Å². The van der Waals surface area contributed by atoms with Crippen LogP contribution in [0.3, 0.4) is 0 Å². The fraction of sp³-hybridized carbons (Fsp3) is 0.429. The predicted molar refractivity (Wildman–Crippen MR) is 70.1 cm³/mol. The molecule has 0 bridgehead atoms. The van der Waals surface area contributed by atoms with Crippen LogP contribution in [0.2, 0.25) is 0 Å². The lowest BCUT2D eigenvalue weighted by molar-refractivity contribution is 0.588. The second-order valence-electron chi connectivity index (χ2n) is 4.79. The summed E-state index contributed by atoms with van der Waals surface area (Å²) in [6, 6.07) is 10.9. The number of aryl methyl sites for hydroxylation is 2. The molecule has 3 rings (SSSR count). The molecule has 1 aromatic carbocycles. The van der Waals surface area contributed by atoms with Crippen molar-refractivity contribution in [3.63, 3.8) is 0 Å². The molecule has 94 valence electrons. The van der Waals surface area contributed by atoms with Gasteiger partial charge in [0.25, 0.3) is 0 Å². The zero-order valence-electron chi connectivity index (χ0n) is 10.4. The third-order valence-electron chi connectivity index (χ3n) is 3.45. The summed E-state index contributed by atoms with van der Waals surface area (Å²) in [7, 11) is 0. The van der Waals surface area contributed by atoms with Crippen LogP contribution in [-0.4, -0.2) is 21.5 Å². The Kier molecular flexibility index (Phi) is 3.37. The van der Waals surface area contributed by atoms with Crippen LogP contribution in [0.4, 0.5) is 0 Å². The zero-order valence-corrected chi connectivity index (χ0v) is 10.4. The van der Waals surface area contributed by atoms with Crippen LogP contribution in [-0.2, 0) is 13.0 Å². The third kappa shape index (κ3) is 2.59. The van der Waals surface area contributed by atoms with Gasteiger partial charge in [0.15, 0.2) is 0 Å². The van der Waals surface area contributed by atoms with Gasteiger partial charge in [0.2, 0.25) is 0 Å². The fourth-order valence-electron chi connectivity index (χ4n) is 2.41. The molecule has 1 fully saturated rings. The number of nitrogens with one attached hydrogen (secondary N) is 1. The minimum absolute atomic E-state index is 0.412. The van der Waals surface area contributed by atoms with E-state index in [-0.39, 0.29) is 0 Å². The molecular weight excluding hydrogens is 224 g/mol. The minimum Gasteiger partial charge on any atom is -0.309 e. The maximum atomic E-state index is 4.26. The van der Waals surface area contributed by atoms with Crippen molar-refractivity contribution in [2.45, 2.75) is 31.8 Å². The normalized spacial score (nSPS) is 19.2. The second kappa shape index (κ2) is 5.31. The predicted octanol–water partition coefficient (Wildman–Crippen LogP) is 1.95. The van der Waals surface area contributed by atoms with E-state index in [4.69, 9.17) is 0 Å². The van der Waals surface area contributed by atoms with Crippen molar-refractivity contribution in [3.8, 4) is 0 Å². The highest BCUT2D eigenvalue weighted by atomic mass is 15.4. The van der Waals surface area contributed by atoms with Crippen molar-refractivity contribution in [2.24, 2.45) is 0 Å². The molecule has 0 spiro atoms. The summed E-state index contributed by atoms with van der Waals surface area (Å²) in [6.45, 7) is 1.99. The van der Waals surface area contributed by atoms with Gasteiger partial charge in [-0.1, -0.05) is 35.5 Å². The average Bonchev–Trinajstić information content (AvgIpc) is 3.08. The summed E-state index contributed by atoms with van der Waals surface area (Å²) >= 11 is 0. The minimum atomic E-state index is 0.412. The molecule has 1 N–H and O–H groups in total. The Balaban J connectivity index is 1.60. The molecule has 1 aliphatic rings. The van der Waals surface area contributed by atoms with Gasteiger partial charge in [-0.3, -0.25) is 4.68 Å². The van der Waals surface area contributed by atoms with Gasteiger partial charge in [-0.2, -0.15) is 0 Å². The average molecular weight is 242 g/mol. The second-order valence-corrected chi connectivity index (χ2v) is 4.79. The lowest BCUT2D eigenvalue weighted by Crippen LogP contribution is -2.13. The van der Waals surface area contributed by atoms with Gasteiger partial charge in [0.1, 0.15) is 0 Å². The largest absolute Gasteiger partial charge is 0.309 e. The van der Waals surface area contributed by atoms with Crippen LogP contribution in [0.25, 0.3) is 0 Å². The Hall–Kier alpha value is -1.68. The van der Waals surface area contributed by atoms with Crippen LogP contribution < -0.4 is 5.32 Å². The van der Waals surface area contributed by atoms with Gasteiger partial charge >= 0.3 is 0 Å². The van der Waals surface area contributed by atoms with Crippen molar-refractivity contribution in [2.75, 3.05) is 6.54 Å². The molecule has 1 atom stereocenters. The Morgan fingerprint density at radius 2 is 2.17 bits per heavy atom. The van der Waals surface area contributed by atoms with Crippen LogP contribution in [0, 0.1) is 0 Å². The first-order chi connectivity index (χ1) is 8.92. The SMILES string of the molecule is c1ccc(CCn2cc(C3CCCN3)nn2)cc1. The molecule has 0 amide bonds. The van der Waals surface area contributed by atoms with E-state index in [9.17, 15) is 0 Å². The molecule has 4 heteroatoms. The molecule has 2 aromatic rings. The number of benzene rings is 1. The van der Waals surface area contributed by atoms with E-state index in [0.29, 0.717) is 6.04 Å². The maximum absolute atomic E-state index is 4.26. The molecule has 1 aliphatic heterocycles. The van der Waals surface area contributed by atoms with Crippen molar-refractivity contribution >= 4 is 0 Å². The van der Waals surface area contributed by atoms with E-state index in [1.54, 1.807) is 0 Å². The molecule has 4 nitrogen and oxygen atoms in total. The lowest BCUT2D eigenvalue weighted by Gasteiger charge is -2.04. The summed E-state index contributed by atoms with van der Waals surface area (Å²) < 4.78 is 1.95. The summed E-state index contributed by atoms with van der Waals surface area (Å²) in [6.07, 6.45) is 5.49. The molecule has 1 aromatic heterocycles. The van der Waals surface area contributed by atoms with Crippen LogP contribution in [0.1, 0.15) is 30.1 Å². The summed E-state index contributed by atoms with van der Waals surface area (Å²) in [5.41, 5.74) is 2.43. The van der Waals surface area contributed by atoms with Crippen LogP contribution in [0.15, 0.2) is 36.5 Å². The molecule has 18 heavy (non-hydrogen) atoms. The van der Waals surface area contributed by atoms with E-state index in [1.165, 1.54) is 18.4 Å². The lowest BCUT2D eigenvalue weighted by atomic mass is 10.1. The van der Waals surface area contributed by atoms with Gasteiger partial charge in [-0.15, -0.1) is 5.10 Å². The first-order valence-corrected chi connectivity index (χ1v) is 6.59. The Bertz CT molecular complexity index is 486. The summed E-state index contributed by atoms with van der Waals surface area (Å²) in [4.78, 5) is 0. The topological polar surface area (TPSA) is 42.7 Å². The number of aromatic nitrogens is 3. The smallest absolute Gasteiger partial charge is 0.0996 e. The quantitative estimate of drug-likeness (QED) is 0.891. The number of hydrogen-bond acceptors (Lipinski definition) is 3. The van der Waals surface area contributed by atoms with Gasteiger partial charge in [-0.05, 0) is 31.4 Å². The van der Waals surface area contributed by atoms with E-state index in [2.05, 4.69) is 46.1 Å². The number of nitrogens with zero attached hydrogens (tertiary/aromatic N) is 3. The number of hydrogen-bond donors (Lipinski definition) is 1. The van der Waals surface area contributed by atoms with Crippen LogP contribution >= 0.6 is 0 Å². The van der Waals surface area contributed by atoms with E-state index < -0.39 is 0 Å². The zero-order chi connectivity index (χ0) is 12.2. The van der Waals surface area contributed by atoms with Gasteiger partial charge in [0, 0.05) is 6.54 Å². The molecular formula is C14H18N4. The van der Waals surface area contributed by atoms with Gasteiger partial charge in [-0.25, -0.2) is 0 Å². The highest BCUT2D eigenvalue weighted by Crippen LogP contribution is 2.20.